The number of ether oxygens (including phenoxy) is 1. The molecule has 4 rings (SSSR count). The monoisotopic (exact) mass is 332 g/mol. The van der Waals surface area contributed by atoms with Crippen molar-refractivity contribution in [3.05, 3.63) is 17.7 Å². The predicted octanol–water partition coefficient (Wildman–Crippen LogP) is 2.08. The van der Waals surface area contributed by atoms with Gasteiger partial charge in [0.1, 0.15) is 5.75 Å². The Bertz CT molecular complexity index is 773. The Morgan fingerprint density at radius 1 is 1.48 bits per heavy atom. The molecule has 3 heterocycles. The van der Waals surface area contributed by atoms with Crippen LogP contribution in [0.5, 0.6) is 5.75 Å². The maximum atomic E-state index is 12.4. The van der Waals surface area contributed by atoms with Gasteiger partial charge in [-0.1, -0.05) is 11.3 Å². The molecule has 1 aromatic heterocycles. The molecule has 2 amide bonds. The highest BCUT2D eigenvalue weighted by molar-refractivity contribution is 7.22. The highest BCUT2D eigenvalue weighted by Gasteiger charge is 2.39. The van der Waals surface area contributed by atoms with Crippen LogP contribution < -0.4 is 15.0 Å². The van der Waals surface area contributed by atoms with Gasteiger partial charge in [0.2, 0.25) is 0 Å². The number of benzene rings is 1. The molecule has 6 nitrogen and oxygen atoms in total. The summed E-state index contributed by atoms with van der Waals surface area (Å²) in [6.45, 7) is 3.56. The number of aromatic nitrogens is 1. The molecule has 0 saturated carbocycles. The second kappa shape index (κ2) is 5.35. The van der Waals surface area contributed by atoms with Crippen LogP contribution in [0.2, 0.25) is 0 Å². The number of amides is 2. The van der Waals surface area contributed by atoms with Crippen molar-refractivity contribution in [1.29, 1.82) is 0 Å². The third-order valence-corrected chi connectivity index (χ3v) is 5.48. The van der Waals surface area contributed by atoms with E-state index >= 15 is 0 Å². The summed E-state index contributed by atoms with van der Waals surface area (Å²) in [6.07, 6.45) is 0.888. The van der Waals surface area contributed by atoms with Gasteiger partial charge in [0.15, 0.2) is 5.13 Å². The lowest BCUT2D eigenvalue weighted by Crippen LogP contribution is -2.43. The van der Waals surface area contributed by atoms with Crippen LogP contribution in [-0.4, -0.2) is 55.2 Å². The predicted molar refractivity (Wildman–Crippen MR) is 91.6 cm³/mol. The first-order chi connectivity index (χ1) is 11.0. The van der Waals surface area contributed by atoms with Gasteiger partial charge >= 0.3 is 6.03 Å². The van der Waals surface area contributed by atoms with Gasteiger partial charge in [-0.05, 0) is 33.2 Å². The molecule has 1 aromatic carbocycles. The Labute approximate surface area is 139 Å². The van der Waals surface area contributed by atoms with Crippen LogP contribution in [0.25, 0.3) is 10.2 Å². The molecule has 7 heteroatoms. The van der Waals surface area contributed by atoms with Crippen molar-refractivity contribution in [3.63, 3.8) is 0 Å². The molecule has 0 radical (unpaired) electrons. The summed E-state index contributed by atoms with van der Waals surface area (Å²) >= 11 is 1.58. The molecule has 0 aliphatic carbocycles. The Morgan fingerprint density at radius 3 is 3.09 bits per heavy atom. The van der Waals surface area contributed by atoms with Crippen molar-refractivity contribution in [1.82, 2.24) is 15.2 Å². The number of fused-ring (bicyclic) bond motifs is 3. The molecule has 122 valence electrons. The van der Waals surface area contributed by atoms with E-state index in [0.717, 1.165) is 34.1 Å². The average Bonchev–Trinajstić information content (AvgIpc) is 3.15. The Balaban J connectivity index is 1.77. The number of rotatable bonds is 3. The van der Waals surface area contributed by atoms with Crippen LogP contribution in [0.4, 0.5) is 9.93 Å². The van der Waals surface area contributed by atoms with E-state index in [0.29, 0.717) is 6.61 Å². The van der Waals surface area contributed by atoms with Crippen LogP contribution in [-0.2, 0) is 6.42 Å². The summed E-state index contributed by atoms with van der Waals surface area (Å²) in [7, 11) is 4.05. The van der Waals surface area contributed by atoms with Crippen molar-refractivity contribution >= 4 is 32.7 Å². The largest absolute Gasteiger partial charge is 0.493 e. The van der Waals surface area contributed by atoms with E-state index in [4.69, 9.17) is 9.72 Å². The third kappa shape index (κ3) is 2.35. The van der Waals surface area contributed by atoms with Crippen LogP contribution in [0, 0.1) is 0 Å². The summed E-state index contributed by atoms with van der Waals surface area (Å²) in [5.41, 5.74) is 2.15. The van der Waals surface area contributed by atoms with E-state index in [1.54, 1.807) is 11.3 Å². The van der Waals surface area contributed by atoms with E-state index in [9.17, 15) is 4.79 Å². The molecule has 0 unspecified atom stereocenters. The van der Waals surface area contributed by atoms with Crippen molar-refractivity contribution in [2.24, 2.45) is 0 Å². The Hall–Kier alpha value is -1.86. The zero-order valence-electron chi connectivity index (χ0n) is 13.5. The molecular formula is C16H20N4O2S. The fourth-order valence-corrected chi connectivity index (χ4v) is 4.39. The number of anilines is 1. The van der Waals surface area contributed by atoms with Gasteiger partial charge in [0, 0.05) is 18.5 Å². The number of nitrogens with one attached hydrogen (secondary N) is 1. The number of urea groups is 1. The van der Waals surface area contributed by atoms with Gasteiger partial charge in [0.05, 0.1) is 28.9 Å². The molecule has 2 atom stereocenters. The first kappa shape index (κ1) is 14.7. The molecule has 2 aliphatic heterocycles. The molecule has 1 N–H and O–H groups in total. The molecule has 0 spiro atoms. The van der Waals surface area contributed by atoms with Gasteiger partial charge in [0.25, 0.3) is 0 Å². The molecule has 2 aliphatic rings. The molecule has 1 fully saturated rings. The van der Waals surface area contributed by atoms with Crippen molar-refractivity contribution < 1.29 is 9.53 Å². The first-order valence-corrected chi connectivity index (χ1v) is 8.66. The van der Waals surface area contributed by atoms with E-state index in [2.05, 4.69) is 10.2 Å². The molecule has 0 bridgehead atoms. The number of hydrogen-bond acceptors (Lipinski definition) is 5. The second-order valence-electron chi connectivity index (χ2n) is 6.42. The van der Waals surface area contributed by atoms with Crippen LogP contribution >= 0.6 is 11.3 Å². The Kier molecular flexibility index (Phi) is 3.42. The SMILES string of the molecule is C[C@H]1NC(=O)N(c2nc3c4c(ccc3s2)OCC4)[C@@H]1CN(C)C. The third-order valence-electron chi connectivity index (χ3n) is 4.46. The van der Waals surface area contributed by atoms with Crippen molar-refractivity contribution in [2.75, 3.05) is 32.1 Å². The summed E-state index contributed by atoms with van der Waals surface area (Å²) in [5, 5.41) is 3.79. The Morgan fingerprint density at radius 2 is 2.30 bits per heavy atom. The fraction of sp³-hybridized carbons (Fsp3) is 0.500. The average molecular weight is 332 g/mol. The maximum absolute atomic E-state index is 12.4. The molecular weight excluding hydrogens is 312 g/mol. The smallest absolute Gasteiger partial charge is 0.324 e. The minimum atomic E-state index is -0.0590. The van der Waals surface area contributed by atoms with Crippen molar-refractivity contribution in [2.45, 2.75) is 25.4 Å². The number of likely N-dealkylation sites (N-methyl/N-ethyl adjacent to an activating group) is 1. The lowest BCUT2D eigenvalue weighted by molar-refractivity contribution is 0.251. The zero-order chi connectivity index (χ0) is 16.1. The lowest BCUT2D eigenvalue weighted by Gasteiger charge is -2.25. The van der Waals surface area contributed by atoms with Crippen LogP contribution in [0.15, 0.2) is 12.1 Å². The van der Waals surface area contributed by atoms with Gasteiger partial charge in [-0.15, -0.1) is 0 Å². The topological polar surface area (TPSA) is 57.7 Å². The highest BCUT2D eigenvalue weighted by atomic mass is 32.1. The minimum absolute atomic E-state index is 0.0590. The van der Waals surface area contributed by atoms with Crippen LogP contribution in [0.3, 0.4) is 0 Å². The maximum Gasteiger partial charge on any atom is 0.324 e. The summed E-state index contributed by atoms with van der Waals surface area (Å²) < 4.78 is 6.73. The highest BCUT2D eigenvalue weighted by Crippen LogP contribution is 2.38. The van der Waals surface area contributed by atoms with E-state index in [-0.39, 0.29) is 18.1 Å². The number of carbonyl (C=O) groups is 1. The van der Waals surface area contributed by atoms with Gasteiger partial charge < -0.3 is 15.0 Å². The first-order valence-electron chi connectivity index (χ1n) is 7.84. The number of thiazole rings is 1. The van der Waals surface area contributed by atoms with Gasteiger partial charge in [-0.25, -0.2) is 9.78 Å². The second-order valence-corrected chi connectivity index (χ2v) is 7.43. The van der Waals surface area contributed by atoms with E-state index in [1.165, 1.54) is 5.56 Å². The minimum Gasteiger partial charge on any atom is -0.493 e. The molecule has 2 aromatic rings. The number of carbonyl (C=O) groups excluding carboxylic acids is 1. The molecule has 23 heavy (non-hydrogen) atoms. The zero-order valence-corrected chi connectivity index (χ0v) is 14.3. The normalized spacial score (nSPS) is 23.5. The van der Waals surface area contributed by atoms with E-state index in [1.807, 2.05) is 38.1 Å². The lowest BCUT2D eigenvalue weighted by atomic mass is 10.1. The summed E-state index contributed by atoms with van der Waals surface area (Å²) in [6, 6.07) is 4.18. The quantitative estimate of drug-likeness (QED) is 0.935. The van der Waals surface area contributed by atoms with E-state index < -0.39 is 0 Å². The van der Waals surface area contributed by atoms with Crippen molar-refractivity contribution in [3.8, 4) is 5.75 Å². The number of hydrogen-bond donors (Lipinski definition) is 1. The van der Waals surface area contributed by atoms with Crippen LogP contribution in [0.1, 0.15) is 12.5 Å². The molecule has 1 saturated heterocycles. The standard InChI is InChI=1S/C16H20N4O2S/c1-9-11(8-19(2)3)20(15(21)17-9)16-18-14-10-6-7-22-12(10)4-5-13(14)23-16/h4-5,9,11H,6-8H2,1-3H3,(H,17,21)/t9-,11-/m1/s1. The fourth-order valence-electron chi connectivity index (χ4n) is 3.34. The summed E-state index contributed by atoms with van der Waals surface area (Å²) in [5.74, 6) is 0.929. The summed E-state index contributed by atoms with van der Waals surface area (Å²) in [4.78, 5) is 21.1. The van der Waals surface area contributed by atoms with Gasteiger partial charge in [-0.2, -0.15) is 0 Å². The number of nitrogens with zero attached hydrogens (tertiary/aromatic N) is 3. The van der Waals surface area contributed by atoms with Gasteiger partial charge in [-0.3, -0.25) is 4.90 Å².